The summed E-state index contributed by atoms with van der Waals surface area (Å²) in [5.41, 5.74) is 1.24. The highest BCUT2D eigenvalue weighted by molar-refractivity contribution is 6.42. The van der Waals surface area contributed by atoms with Gasteiger partial charge < -0.3 is 9.15 Å². The first-order valence-corrected chi connectivity index (χ1v) is 8.40. The summed E-state index contributed by atoms with van der Waals surface area (Å²) in [7, 11) is 0. The number of aromatic nitrogens is 2. The topological polar surface area (TPSA) is 65.2 Å². The second-order valence-corrected chi connectivity index (χ2v) is 6.32. The number of carbonyl (C=O) groups is 1. The Morgan fingerprint density at radius 3 is 2.58 bits per heavy atom. The largest absolute Gasteiger partial charge is 0.452 e. The molecule has 1 atom stereocenters. The summed E-state index contributed by atoms with van der Waals surface area (Å²) < 4.78 is 23.8. The molecule has 3 aromatic rings. The summed E-state index contributed by atoms with van der Waals surface area (Å²) in [6, 6.07) is 10.5. The molecule has 5 nitrogen and oxygen atoms in total. The van der Waals surface area contributed by atoms with Crippen molar-refractivity contribution in [2.45, 2.75) is 19.4 Å². The van der Waals surface area contributed by atoms with E-state index in [0.29, 0.717) is 21.2 Å². The van der Waals surface area contributed by atoms with Crippen LogP contribution in [0.1, 0.15) is 24.5 Å². The summed E-state index contributed by atoms with van der Waals surface area (Å²) in [5.74, 6) is -0.477. The lowest BCUT2D eigenvalue weighted by Crippen LogP contribution is -2.11. The molecular formula is C18H13Cl2FN2O3. The molecule has 0 spiro atoms. The summed E-state index contributed by atoms with van der Waals surface area (Å²) in [6.45, 7) is 1.62. The Labute approximate surface area is 158 Å². The van der Waals surface area contributed by atoms with Crippen LogP contribution in [0.5, 0.6) is 0 Å². The average molecular weight is 395 g/mol. The van der Waals surface area contributed by atoms with Gasteiger partial charge in [0.25, 0.3) is 5.89 Å². The van der Waals surface area contributed by atoms with Crippen LogP contribution in [-0.4, -0.2) is 16.2 Å². The van der Waals surface area contributed by atoms with Gasteiger partial charge >= 0.3 is 5.97 Å². The fourth-order valence-corrected chi connectivity index (χ4v) is 2.53. The molecule has 0 fully saturated rings. The SMILES string of the molecule is C[C@@H](OC(=O)Cc1ccc(Cl)c(Cl)c1)c1nnc(-c2ccc(F)cc2)o1. The first-order chi connectivity index (χ1) is 12.4. The summed E-state index contributed by atoms with van der Waals surface area (Å²) in [5, 5.41) is 8.54. The van der Waals surface area contributed by atoms with E-state index in [9.17, 15) is 9.18 Å². The minimum Gasteiger partial charge on any atom is -0.452 e. The maximum absolute atomic E-state index is 13.0. The van der Waals surface area contributed by atoms with E-state index in [4.69, 9.17) is 32.4 Å². The first kappa shape index (κ1) is 18.4. The van der Waals surface area contributed by atoms with Crippen LogP contribution in [0.3, 0.4) is 0 Å². The number of carbonyl (C=O) groups excluding carboxylic acids is 1. The van der Waals surface area contributed by atoms with Gasteiger partial charge in [-0.05, 0) is 48.9 Å². The number of halogens is 3. The predicted octanol–water partition coefficient (Wildman–Crippen LogP) is 5.03. The van der Waals surface area contributed by atoms with Crippen molar-refractivity contribution >= 4 is 29.2 Å². The van der Waals surface area contributed by atoms with E-state index in [1.165, 1.54) is 24.3 Å². The molecule has 26 heavy (non-hydrogen) atoms. The van der Waals surface area contributed by atoms with Crippen LogP contribution >= 0.6 is 23.2 Å². The smallest absolute Gasteiger partial charge is 0.311 e. The molecule has 1 aromatic heterocycles. The lowest BCUT2D eigenvalue weighted by atomic mass is 10.1. The first-order valence-electron chi connectivity index (χ1n) is 7.65. The minimum absolute atomic E-state index is 0.0280. The van der Waals surface area contributed by atoms with Crippen LogP contribution in [-0.2, 0) is 16.0 Å². The van der Waals surface area contributed by atoms with E-state index in [1.807, 2.05) is 0 Å². The lowest BCUT2D eigenvalue weighted by Gasteiger charge is -2.09. The number of benzene rings is 2. The molecule has 0 N–H and O–H groups in total. The molecule has 0 saturated heterocycles. The number of esters is 1. The molecule has 0 aliphatic carbocycles. The van der Waals surface area contributed by atoms with Crippen molar-refractivity contribution in [3.63, 3.8) is 0 Å². The molecule has 1 heterocycles. The van der Waals surface area contributed by atoms with Crippen molar-refractivity contribution in [1.82, 2.24) is 10.2 Å². The van der Waals surface area contributed by atoms with E-state index in [1.54, 1.807) is 25.1 Å². The Morgan fingerprint density at radius 1 is 1.15 bits per heavy atom. The molecule has 0 bridgehead atoms. The summed E-state index contributed by atoms with van der Waals surface area (Å²) >= 11 is 11.8. The van der Waals surface area contributed by atoms with Crippen molar-refractivity contribution in [3.05, 3.63) is 69.8 Å². The molecule has 0 amide bonds. The molecule has 0 unspecified atom stereocenters. The quantitative estimate of drug-likeness (QED) is 0.567. The lowest BCUT2D eigenvalue weighted by molar-refractivity contribution is -0.148. The average Bonchev–Trinajstić information content (AvgIpc) is 3.09. The third-order valence-corrected chi connectivity index (χ3v) is 4.26. The Balaban J connectivity index is 1.64. The van der Waals surface area contributed by atoms with Gasteiger partial charge in [-0.3, -0.25) is 4.79 Å². The molecule has 2 aromatic carbocycles. The maximum Gasteiger partial charge on any atom is 0.311 e. The van der Waals surface area contributed by atoms with Crippen LogP contribution in [0.4, 0.5) is 4.39 Å². The highest BCUT2D eigenvalue weighted by atomic mass is 35.5. The number of rotatable bonds is 5. The molecule has 134 valence electrons. The number of hydrogen-bond acceptors (Lipinski definition) is 5. The zero-order valence-corrected chi connectivity index (χ0v) is 15.1. The van der Waals surface area contributed by atoms with E-state index in [0.717, 1.165) is 0 Å². The Morgan fingerprint density at radius 2 is 1.88 bits per heavy atom. The molecule has 0 aliphatic rings. The Hall–Kier alpha value is -2.44. The number of hydrogen-bond donors (Lipinski definition) is 0. The Bertz CT molecular complexity index is 928. The predicted molar refractivity (Wildman–Crippen MR) is 94.4 cm³/mol. The number of nitrogens with zero attached hydrogens (tertiary/aromatic N) is 2. The van der Waals surface area contributed by atoms with E-state index < -0.39 is 12.1 Å². The third kappa shape index (κ3) is 4.39. The molecule has 0 saturated carbocycles. The zero-order valence-electron chi connectivity index (χ0n) is 13.6. The fourth-order valence-electron chi connectivity index (χ4n) is 2.21. The highest BCUT2D eigenvalue weighted by Crippen LogP contribution is 2.25. The van der Waals surface area contributed by atoms with Crippen LogP contribution in [0.15, 0.2) is 46.9 Å². The number of ether oxygens (including phenoxy) is 1. The minimum atomic E-state index is -0.730. The Kier molecular flexibility index (Phi) is 5.54. The molecule has 3 rings (SSSR count). The van der Waals surface area contributed by atoms with E-state index in [2.05, 4.69) is 10.2 Å². The molecule has 0 radical (unpaired) electrons. The van der Waals surface area contributed by atoms with Crippen molar-refractivity contribution < 1.29 is 18.3 Å². The van der Waals surface area contributed by atoms with Gasteiger partial charge in [-0.1, -0.05) is 29.3 Å². The van der Waals surface area contributed by atoms with Crippen LogP contribution in [0.25, 0.3) is 11.5 Å². The van der Waals surface area contributed by atoms with Crippen molar-refractivity contribution in [2.75, 3.05) is 0 Å². The van der Waals surface area contributed by atoms with Gasteiger partial charge in [-0.25, -0.2) is 4.39 Å². The van der Waals surface area contributed by atoms with E-state index >= 15 is 0 Å². The van der Waals surface area contributed by atoms with Crippen molar-refractivity contribution in [2.24, 2.45) is 0 Å². The van der Waals surface area contributed by atoms with Gasteiger partial charge in [0, 0.05) is 5.56 Å². The van der Waals surface area contributed by atoms with Gasteiger partial charge in [0.05, 0.1) is 16.5 Å². The van der Waals surface area contributed by atoms with Gasteiger partial charge in [0.15, 0.2) is 6.10 Å². The maximum atomic E-state index is 13.0. The van der Waals surface area contributed by atoms with E-state index in [-0.39, 0.29) is 24.0 Å². The molecule has 8 heteroatoms. The highest BCUT2D eigenvalue weighted by Gasteiger charge is 2.19. The standard InChI is InChI=1S/C18H13Cl2FN2O3/c1-10(25-16(24)9-11-2-7-14(19)15(20)8-11)17-22-23-18(26-17)12-3-5-13(21)6-4-12/h2-8,10H,9H2,1H3/t10-/m1/s1. The van der Waals surface area contributed by atoms with Crippen molar-refractivity contribution in [3.8, 4) is 11.5 Å². The second-order valence-electron chi connectivity index (χ2n) is 5.51. The van der Waals surface area contributed by atoms with Gasteiger partial charge in [-0.2, -0.15) is 0 Å². The van der Waals surface area contributed by atoms with Crippen LogP contribution in [0, 0.1) is 5.82 Å². The molecular weight excluding hydrogens is 382 g/mol. The zero-order chi connectivity index (χ0) is 18.7. The van der Waals surface area contributed by atoms with Crippen molar-refractivity contribution in [1.29, 1.82) is 0 Å². The fraction of sp³-hybridized carbons (Fsp3) is 0.167. The third-order valence-electron chi connectivity index (χ3n) is 3.52. The van der Waals surface area contributed by atoms with Crippen LogP contribution < -0.4 is 0 Å². The van der Waals surface area contributed by atoms with Gasteiger partial charge in [0.1, 0.15) is 5.82 Å². The van der Waals surface area contributed by atoms with Crippen LogP contribution in [0.2, 0.25) is 10.0 Å². The normalized spacial score (nSPS) is 12.0. The van der Waals surface area contributed by atoms with Gasteiger partial charge in [-0.15, -0.1) is 10.2 Å². The summed E-state index contributed by atoms with van der Waals surface area (Å²) in [4.78, 5) is 12.1. The second kappa shape index (κ2) is 7.85. The van der Waals surface area contributed by atoms with Gasteiger partial charge in [0.2, 0.25) is 5.89 Å². The monoisotopic (exact) mass is 394 g/mol. The summed E-state index contributed by atoms with van der Waals surface area (Å²) in [6.07, 6.45) is -0.702. The molecule has 0 aliphatic heterocycles.